The van der Waals surface area contributed by atoms with Gasteiger partial charge in [-0.3, -0.25) is 9.59 Å². The smallest absolute Gasteiger partial charge is 0.234 e. The van der Waals surface area contributed by atoms with Crippen LogP contribution in [0.5, 0.6) is 0 Å². The highest BCUT2D eigenvalue weighted by Crippen LogP contribution is 2.23. The second-order valence-electron chi connectivity index (χ2n) is 5.96. The molecule has 0 heterocycles. The molecule has 2 N–H and O–H groups in total. The summed E-state index contributed by atoms with van der Waals surface area (Å²) in [6.07, 6.45) is 0. The number of halogens is 1. The van der Waals surface area contributed by atoms with E-state index in [1.807, 2.05) is 57.2 Å². The molecule has 0 fully saturated rings. The molecule has 0 atom stereocenters. The molecule has 0 saturated heterocycles. The van der Waals surface area contributed by atoms with Crippen molar-refractivity contribution in [3.05, 3.63) is 52.5 Å². The number of hydrogen-bond donors (Lipinski definition) is 2. The van der Waals surface area contributed by atoms with Crippen molar-refractivity contribution in [3.8, 4) is 0 Å². The molecule has 0 unspecified atom stereocenters. The quantitative estimate of drug-likeness (QED) is 0.640. The van der Waals surface area contributed by atoms with Gasteiger partial charge in [-0.15, -0.1) is 11.8 Å². The molecular formula is C19H21BrN2O2S. The molecule has 0 radical (unpaired) electrons. The molecule has 0 bridgehead atoms. The number of aryl methyl sites for hydroxylation is 1. The van der Waals surface area contributed by atoms with E-state index in [9.17, 15) is 9.59 Å². The molecule has 0 spiro atoms. The van der Waals surface area contributed by atoms with Crippen molar-refractivity contribution in [2.45, 2.75) is 25.7 Å². The maximum absolute atomic E-state index is 12.2. The molecular weight excluding hydrogens is 400 g/mol. The van der Waals surface area contributed by atoms with Crippen LogP contribution in [0.15, 0.2) is 51.8 Å². The van der Waals surface area contributed by atoms with Crippen molar-refractivity contribution in [1.82, 2.24) is 0 Å². The van der Waals surface area contributed by atoms with Crippen LogP contribution in [0.2, 0.25) is 0 Å². The van der Waals surface area contributed by atoms with Crippen LogP contribution in [0.25, 0.3) is 0 Å². The minimum Gasteiger partial charge on any atom is -0.326 e. The monoisotopic (exact) mass is 420 g/mol. The Labute approximate surface area is 160 Å². The van der Waals surface area contributed by atoms with Gasteiger partial charge in [-0.2, -0.15) is 0 Å². The molecule has 0 saturated carbocycles. The molecule has 2 aromatic carbocycles. The van der Waals surface area contributed by atoms with Gasteiger partial charge in [0.05, 0.1) is 5.75 Å². The summed E-state index contributed by atoms with van der Waals surface area (Å²) in [5.74, 6) is 0.0980. The zero-order chi connectivity index (χ0) is 18.4. The zero-order valence-corrected chi connectivity index (χ0v) is 16.8. The summed E-state index contributed by atoms with van der Waals surface area (Å²) in [6, 6.07) is 13.3. The maximum atomic E-state index is 12.2. The van der Waals surface area contributed by atoms with Crippen LogP contribution < -0.4 is 10.6 Å². The molecule has 25 heavy (non-hydrogen) atoms. The van der Waals surface area contributed by atoms with E-state index in [1.54, 1.807) is 6.07 Å². The van der Waals surface area contributed by atoms with Crippen LogP contribution in [-0.2, 0) is 9.59 Å². The summed E-state index contributed by atoms with van der Waals surface area (Å²) < 4.78 is 1.01. The molecule has 0 aliphatic carbocycles. The highest BCUT2D eigenvalue weighted by Gasteiger charge is 2.10. The Morgan fingerprint density at radius 1 is 1.08 bits per heavy atom. The summed E-state index contributed by atoms with van der Waals surface area (Å²) in [6.45, 7) is 5.60. The predicted octanol–water partition coefficient (Wildman–Crippen LogP) is 5.08. The first-order chi connectivity index (χ1) is 11.8. The SMILES string of the molecule is Cc1ccc(NC(=O)C(C)C)cc1NC(=O)CSc1ccc(Br)cc1. The van der Waals surface area contributed by atoms with E-state index in [0.717, 1.165) is 14.9 Å². The summed E-state index contributed by atoms with van der Waals surface area (Å²) in [5, 5.41) is 5.76. The normalized spacial score (nSPS) is 10.6. The Morgan fingerprint density at radius 3 is 2.40 bits per heavy atom. The van der Waals surface area contributed by atoms with Crippen LogP contribution in [0, 0.1) is 12.8 Å². The van der Waals surface area contributed by atoms with Crippen LogP contribution >= 0.6 is 27.7 Å². The minimum atomic E-state index is -0.0957. The summed E-state index contributed by atoms with van der Waals surface area (Å²) in [5.41, 5.74) is 2.34. The highest BCUT2D eigenvalue weighted by atomic mass is 79.9. The molecule has 2 rings (SSSR count). The van der Waals surface area contributed by atoms with E-state index < -0.39 is 0 Å². The lowest BCUT2D eigenvalue weighted by atomic mass is 10.1. The second kappa shape index (κ2) is 9.06. The fraction of sp³-hybridized carbons (Fsp3) is 0.263. The summed E-state index contributed by atoms with van der Waals surface area (Å²) >= 11 is 4.87. The van der Waals surface area contributed by atoms with Gasteiger partial charge in [0, 0.05) is 26.7 Å². The Balaban J connectivity index is 1.97. The molecule has 6 heteroatoms. The van der Waals surface area contributed by atoms with Gasteiger partial charge in [0.2, 0.25) is 11.8 Å². The van der Waals surface area contributed by atoms with Gasteiger partial charge in [0.1, 0.15) is 0 Å². The van der Waals surface area contributed by atoms with E-state index >= 15 is 0 Å². The first kappa shape index (κ1) is 19.5. The number of thioether (sulfide) groups is 1. The van der Waals surface area contributed by atoms with Crippen molar-refractivity contribution in [1.29, 1.82) is 0 Å². The Kier molecular flexibility index (Phi) is 7.08. The number of benzene rings is 2. The van der Waals surface area contributed by atoms with Gasteiger partial charge >= 0.3 is 0 Å². The lowest BCUT2D eigenvalue weighted by Gasteiger charge is -2.12. The van der Waals surface area contributed by atoms with Crippen molar-refractivity contribution in [2.75, 3.05) is 16.4 Å². The lowest BCUT2D eigenvalue weighted by molar-refractivity contribution is -0.119. The Bertz CT molecular complexity index is 761. The third-order valence-electron chi connectivity index (χ3n) is 3.49. The number of anilines is 2. The van der Waals surface area contributed by atoms with Gasteiger partial charge in [0.15, 0.2) is 0 Å². The van der Waals surface area contributed by atoms with Crippen molar-refractivity contribution in [3.63, 3.8) is 0 Å². The topological polar surface area (TPSA) is 58.2 Å². The van der Waals surface area contributed by atoms with E-state index in [4.69, 9.17) is 0 Å². The van der Waals surface area contributed by atoms with E-state index in [0.29, 0.717) is 17.1 Å². The van der Waals surface area contributed by atoms with Crippen molar-refractivity contribution >= 4 is 50.9 Å². The molecule has 0 aliphatic heterocycles. The third-order valence-corrected chi connectivity index (χ3v) is 5.03. The lowest BCUT2D eigenvalue weighted by Crippen LogP contribution is -2.18. The van der Waals surface area contributed by atoms with Crippen LogP contribution in [0.1, 0.15) is 19.4 Å². The van der Waals surface area contributed by atoms with E-state index in [-0.39, 0.29) is 17.7 Å². The zero-order valence-electron chi connectivity index (χ0n) is 14.4. The molecule has 0 aliphatic rings. The first-order valence-electron chi connectivity index (χ1n) is 7.95. The standard InChI is InChI=1S/C19H21BrN2O2S/c1-12(2)19(24)21-15-7-4-13(3)17(10-15)22-18(23)11-25-16-8-5-14(20)6-9-16/h4-10,12H,11H2,1-3H3,(H,21,24)(H,22,23). The number of amides is 2. The van der Waals surface area contributed by atoms with Crippen LogP contribution in [0.4, 0.5) is 11.4 Å². The molecule has 132 valence electrons. The third kappa shape index (κ3) is 6.21. The van der Waals surface area contributed by atoms with E-state index in [1.165, 1.54) is 11.8 Å². The average Bonchev–Trinajstić information content (AvgIpc) is 2.57. The summed E-state index contributed by atoms with van der Waals surface area (Å²) in [4.78, 5) is 25.1. The van der Waals surface area contributed by atoms with Gasteiger partial charge in [0.25, 0.3) is 0 Å². The van der Waals surface area contributed by atoms with Gasteiger partial charge < -0.3 is 10.6 Å². The fourth-order valence-electron chi connectivity index (χ4n) is 1.99. The van der Waals surface area contributed by atoms with Crippen LogP contribution in [0.3, 0.4) is 0 Å². The molecule has 2 amide bonds. The van der Waals surface area contributed by atoms with E-state index in [2.05, 4.69) is 26.6 Å². The number of carbonyl (C=O) groups excluding carboxylic acids is 2. The fourth-order valence-corrected chi connectivity index (χ4v) is 2.95. The summed E-state index contributed by atoms with van der Waals surface area (Å²) in [7, 11) is 0. The van der Waals surface area contributed by atoms with Gasteiger partial charge in [-0.05, 0) is 48.9 Å². The molecule has 2 aromatic rings. The highest BCUT2D eigenvalue weighted by molar-refractivity contribution is 9.10. The molecule has 4 nitrogen and oxygen atoms in total. The predicted molar refractivity (Wildman–Crippen MR) is 108 cm³/mol. The number of nitrogens with one attached hydrogen (secondary N) is 2. The van der Waals surface area contributed by atoms with Crippen molar-refractivity contribution < 1.29 is 9.59 Å². The van der Waals surface area contributed by atoms with Gasteiger partial charge in [-0.1, -0.05) is 35.8 Å². The minimum absolute atomic E-state index is 0.0491. The largest absolute Gasteiger partial charge is 0.326 e. The number of hydrogen-bond acceptors (Lipinski definition) is 3. The number of carbonyl (C=O) groups is 2. The number of rotatable bonds is 6. The van der Waals surface area contributed by atoms with Crippen molar-refractivity contribution in [2.24, 2.45) is 5.92 Å². The maximum Gasteiger partial charge on any atom is 0.234 e. The average molecular weight is 421 g/mol. The first-order valence-corrected chi connectivity index (χ1v) is 9.72. The van der Waals surface area contributed by atoms with Gasteiger partial charge in [-0.25, -0.2) is 0 Å². The Hall–Kier alpha value is -1.79. The second-order valence-corrected chi connectivity index (χ2v) is 7.93. The molecule has 0 aromatic heterocycles. The Morgan fingerprint density at radius 2 is 1.76 bits per heavy atom. The van der Waals surface area contributed by atoms with Crippen LogP contribution in [-0.4, -0.2) is 17.6 Å².